The van der Waals surface area contributed by atoms with Crippen LogP contribution in [0.25, 0.3) is 0 Å². The third-order valence-corrected chi connectivity index (χ3v) is 2.99. The molecular weight excluding hydrogens is 184 g/mol. The van der Waals surface area contributed by atoms with Gasteiger partial charge in [-0.25, -0.2) is 0 Å². The Kier molecular flexibility index (Phi) is 4.69. The summed E-state index contributed by atoms with van der Waals surface area (Å²) in [5.41, 5.74) is 0. The second-order valence-electron chi connectivity index (χ2n) is 2.62. The molecule has 74 valence electrons. The lowest BCUT2D eigenvalue weighted by molar-refractivity contribution is 0.0865. The summed E-state index contributed by atoms with van der Waals surface area (Å²) in [6.45, 7) is 1.09. The van der Waals surface area contributed by atoms with Gasteiger partial charge in [-0.05, 0) is 12.8 Å². The van der Waals surface area contributed by atoms with E-state index in [-0.39, 0.29) is 12.8 Å². The standard InChI is InChI=1S/C6H14O5S/c1-2-6(12(9,10)11)3-5(8)4-7/h5-8H,2-4H2,1H3,(H,9,10,11). The van der Waals surface area contributed by atoms with Crippen molar-refractivity contribution in [1.82, 2.24) is 0 Å². The first-order valence-electron chi connectivity index (χ1n) is 3.67. The van der Waals surface area contributed by atoms with Gasteiger partial charge in [0.1, 0.15) is 0 Å². The zero-order valence-electron chi connectivity index (χ0n) is 6.84. The SMILES string of the molecule is CCC(CC(O)CO)S(=O)(=O)O. The Morgan fingerprint density at radius 1 is 1.42 bits per heavy atom. The lowest BCUT2D eigenvalue weighted by Crippen LogP contribution is -2.27. The van der Waals surface area contributed by atoms with Crippen molar-refractivity contribution >= 4 is 10.1 Å². The average molecular weight is 198 g/mol. The highest BCUT2D eigenvalue weighted by Gasteiger charge is 2.23. The van der Waals surface area contributed by atoms with E-state index >= 15 is 0 Å². The molecule has 0 amide bonds. The first-order chi connectivity index (χ1) is 5.41. The molecule has 0 radical (unpaired) electrons. The van der Waals surface area contributed by atoms with Gasteiger partial charge in [-0.2, -0.15) is 8.42 Å². The summed E-state index contributed by atoms with van der Waals surface area (Å²) < 4.78 is 29.8. The van der Waals surface area contributed by atoms with Gasteiger partial charge in [0.2, 0.25) is 0 Å². The molecule has 5 nitrogen and oxygen atoms in total. The molecular formula is C6H14O5S. The minimum absolute atomic E-state index is 0.133. The molecule has 0 aliphatic rings. The third-order valence-electron chi connectivity index (χ3n) is 1.62. The second-order valence-corrected chi connectivity index (χ2v) is 4.31. The van der Waals surface area contributed by atoms with Crippen molar-refractivity contribution in [3.8, 4) is 0 Å². The van der Waals surface area contributed by atoms with Gasteiger partial charge in [0.15, 0.2) is 0 Å². The van der Waals surface area contributed by atoms with Crippen LogP contribution in [0.15, 0.2) is 0 Å². The summed E-state index contributed by atoms with van der Waals surface area (Å²) in [5, 5.41) is 16.3. The second kappa shape index (κ2) is 4.76. The fourth-order valence-corrected chi connectivity index (χ4v) is 1.76. The molecule has 0 aromatic rings. The zero-order chi connectivity index (χ0) is 9.78. The van der Waals surface area contributed by atoms with Crippen molar-refractivity contribution in [3.05, 3.63) is 0 Å². The van der Waals surface area contributed by atoms with E-state index in [1.54, 1.807) is 6.92 Å². The van der Waals surface area contributed by atoms with Crippen LogP contribution in [0.3, 0.4) is 0 Å². The summed E-state index contributed by atoms with van der Waals surface area (Å²) in [5.74, 6) is 0. The van der Waals surface area contributed by atoms with Gasteiger partial charge in [-0.3, -0.25) is 4.55 Å². The zero-order valence-corrected chi connectivity index (χ0v) is 7.66. The lowest BCUT2D eigenvalue weighted by atomic mass is 10.2. The highest BCUT2D eigenvalue weighted by Crippen LogP contribution is 2.10. The minimum atomic E-state index is -4.09. The van der Waals surface area contributed by atoms with E-state index in [2.05, 4.69) is 0 Å². The fraction of sp³-hybridized carbons (Fsp3) is 1.00. The van der Waals surface area contributed by atoms with E-state index < -0.39 is 28.1 Å². The number of aliphatic hydroxyl groups excluding tert-OH is 2. The maximum absolute atomic E-state index is 10.6. The minimum Gasteiger partial charge on any atom is -0.394 e. The number of hydrogen-bond donors (Lipinski definition) is 3. The van der Waals surface area contributed by atoms with Crippen LogP contribution >= 0.6 is 0 Å². The van der Waals surface area contributed by atoms with Crippen LogP contribution in [-0.2, 0) is 10.1 Å². The van der Waals surface area contributed by atoms with Gasteiger partial charge in [0.05, 0.1) is 18.0 Å². The van der Waals surface area contributed by atoms with Gasteiger partial charge >= 0.3 is 0 Å². The molecule has 2 atom stereocenters. The first kappa shape index (κ1) is 11.8. The Morgan fingerprint density at radius 3 is 2.17 bits per heavy atom. The van der Waals surface area contributed by atoms with E-state index in [1.807, 2.05) is 0 Å². The van der Waals surface area contributed by atoms with Gasteiger partial charge in [0.25, 0.3) is 10.1 Å². The van der Waals surface area contributed by atoms with E-state index in [9.17, 15) is 8.42 Å². The molecule has 0 rings (SSSR count). The van der Waals surface area contributed by atoms with Gasteiger partial charge < -0.3 is 10.2 Å². The fourth-order valence-electron chi connectivity index (χ4n) is 0.877. The number of aliphatic hydroxyl groups is 2. The third kappa shape index (κ3) is 4.01. The molecule has 0 aromatic carbocycles. The average Bonchev–Trinajstić information content (AvgIpc) is 1.97. The van der Waals surface area contributed by atoms with Crippen molar-refractivity contribution in [3.63, 3.8) is 0 Å². The smallest absolute Gasteiger partial charge is 0.267 e. The van der Waals surface area contributed by atoms with Gasteiger partial charge in [0, 0.05) is 0 Å². The van der Waals surface area contributed by atoms with Crippen LogP contribution in [0, 0.1) is 0 Å². The largest absolute Gasteiger partial charge is 0.394 e. The Balaban J connectivity index is 4.20. The van der Waals surface area contributed by atoms with Crippen molar-refractivity contribution in [2.75, 3.05) is 6.61 Å². The molecule has 0 fully saturated rings. The molecule has 0 saturated heterocycles. The van der Waals surface area contributed by atoms with E-state index in [0.717, 1.165) is 0 Å². The Bertz CT molecular complexity index is 210. The first-order valence-corrected chi connectivity index (χ1v) is 5.17. The summed E-state index contributed by atoms with van der Waals surface area (Å²) in [7, 11) is -4.09. The molecule has 0 aromatic heterocycles. The van der Waals surface area contributed by atoms with Crippen LogP contribution < -0.4 is 0 Å². The maximum Gasteiger partial charge on any atom is 0.267 e. The molecule has 12 heavy (non-hydrogen) atoms. The topological polar surface area (TPSA) is 94.8 Å². The summed E-state index contributed by atoms with van der Waals surface area (Å²) in [4.78, 5) is 0. The molecule has 0 aliphatic carbocycles. The van der Waals surface area contributed by atoms with Crippen LogP contribution in [0.4, 0.5) is 0 Å². The molecule has 0 aliphatic heterocycles. The number of hydrogen-bond acceptors (Lipinski definition) is 4. The summed E-state index contributed by atoms with van der Waals surface area (Å²) >= 11 is 0. The van der Waals surface area contributed by atoms with Gasteiger partial charge in [-0.15, -0.1) is 0 Å². The molecule has 3 N–H and O–H groups in total. The lowest BCUT2D eigenvalue weighted by Gasteiger charge is -2.13. The van der Waals surface area contributed by atoms with Crippen LogP contribution in [0.5, 0.6) is 0 Å². The van der Waals surface area contributed by atoms with E-state index in [1.165, 1.54) is 0 Å². The Labute approximate surface area is 71.8 Å². The number of rotatable bonds is 5. The summed E-state index contributed by atoms with van der Waals surface area (Å²) in [6, 6.07) is 0. The summed E-state index contributed by atoms with van der Waals surface area (Å²) in [6.07, 6.45) is -1.00. The molecule has 0 saturated carbocycles. The van der Waals surface area contributed by atoms with Gasteiger partial charge in [-0.1, -0.05) is 6.92 Å². The molecule has 0 bridgehead atoms. The Morgan fingerprint density at radius 2 is 1.92 bits per heavy atom. The molecule has 0 heterocycles. The highest BCUT2D eigenvalue weighted by molar-refractivity contribution is 7.86. The normalized spacial score (nSPS) is 17.3. The predicted molar refractivity (Wildman–Crippen MR) is 43.3 cm³/mol. The predicted octanol–water partition coefficient (Wildman–Crippen LogP) is -0.604. The quantitative estimate of drug-likeness (QED) is 0.512. The van der Waals surface area contributed by atoms with Crippen molar-refractivity contribution in [2.45, 2.75) is 31.1 Å². The van der Waals surface area contributed by atoms with Crippen molar-refractivity contribution in [2.24, 2.45) is 0 Å². The van der Waals surface area contributed by atoms with E-state index in [4.69, 9.17) is 14.8 Å². The molecule has 2 unspecified atom stereocenters. The Hall–Kier alpha value is -0.170. The van der Waals surface area contributed by atoms with Crippen LogP contribution in [-0.4, -0.2) is 41.1 Å². The highest BCUT2D eigenvalue weighted by atomic mass is 32.2. The molecule has 0 spiro atoms. The maximum atomic E-state index is 10.6. The van der Waals surface area contributed by atoms with Crippen LogP contribution in [0.2, 0.25) is 0 Å². The monoisotopic (exact) mass is 198 g/mol. The molecule has 6 heteroatoms. The van der Waals surface area contributed by atoms with Crippen LogP contribution in [0.1, 0.15) is 19.8 Å². The van der Waals surface area contributed by atoms with Crippen molar-refractivity contribution < 1.29 is 23.2 Å². The van der Waals surface area contributed by atoms with E-state index in [0.29, 0.717) is 0 Å². The van der Waals surface area contributed by atoms with Crippen molar-refractivity contribution in [1.29, 1.82) is 0 Å².